The Morgan fingerprint density at radius 3 is 2.15 bits per heavy atom. The summed E-state index contributed by atoms with van der Waals surface area (Å²) in [6.07, 6.45) is 0. The van der Waals surface area contributed by atoms with E-state index >= 15 is 0 Å². The second-order valence-corrected chi connectivity index (χ2v) is 5.42. The zero-order valence-corrected chi connectivity index (χ0v) is 12.0. The Morgan fingerprint density at radius 1 is 0.950 bits per heavy atom. The zero-order valence-electron chi connectivity index (χ0n) is 12.0. The van der Waals surface area contributed by atoms with Crippen molar-refractivity contribution in [1.29, 1.82) is 0 Å². The lowest BCUT2D eigenvalue weighted by Gasteiger charge is -2.50. The smallest absolute Gasteiger partial charge is 0.118 e. The molecule has 1 saturated heterocycles. The molecule has 1 heterocycles. The average Bonchev–Trinajstić information content (AvgIpc) is 2.47. The van der Waals surface area contributed by atoms with Gasteiger partial charge in [-0.05, 0) is 18.1 Å². The van der Waals surface area contributed by atoms with Crippen LogP contribution in [0.4, 0.5) is 0 Å². The zero-order chi connectivity index (χ0) is 13.8. The summed E-state index contributed by atoms with van der Waals surface area (Å²) < 4.78 is 6.08. The first-order valence-electron chi connectivity index (χ1n) is 7.28. The van der Waals surface area contributed by atoms with Crippen molar-refractivity contribution >= 4 is 0 Å². The van der Waals surface area contributed by atoms with Gasteiger partial charge in [-0.25, -0.2) is 0 Å². The van der Waals surface area contributed by atoms with Crippen molar-refractivity contribution in [2.24, 2.45) is 0 Å². The second-order valence-electron chi connectivity index (χ2n) is 5.42. The molecule has 0 saturated carbocycles. The molecule has 0 amide bonds. The van der Waals surface area contributed by atoms with Crippen LogP contribution in [-0.4, -0.2) is 24.6 Å². The van der Waals surface area contributed by atoms with Crippen LogP contribution in [-0.2, 0) is 16.9 Å². The van der Waals surface area contributed by atoms with Crippen molar-refractivity contribution in [3.8, 4) is 0 Å². The molecule has 2 heteroatoms. The van der Waals surface area contributed by atoms with Crippen LogP contribution >= 0.6 is 0 Å². The molecule has 0 N–H and O–H groups in total. The first kappa shape index (κ1) is 13.3. The Balaban J connectivity index is 1.68. The van der Waals surface area contributed by atoms with Gasteiger partial charge in [-0.3, -0.25) is 4.90 Å². The maximum absolute atomic E-state index is 6.08. The standard InChI is InChI=1S/C18H21NO/c1-2-20-18(17-11-7-4-8-12-17)14-19(15-18)13-16-9-5-3-6-10-16/h3-12H,2,13-15H2,1H3. The van der Waals surface area contributed by atoms with Crippen molar-refractivity contribution in [1.82, 2.24) is 4.90 Å². The number of rotatable bonds is 5. The third-order valence-electron chi connectivity index (χ3n) is 3.93. The third-order valence-corrected chi connectivity index (χ3v) is 3.93. The van der Waals surface area contributed by atoms with E-state index in [0.717, 1.165) is 26.2 Å². The van der Waals surface area contributed by atoms with Crippen LogP contribution in [0.1, 0.15) is 18.1 Å². The van der Waals surface area contributed by atoms with E-state index in [1.165, 1.54) is 11.1 Å². The van der Waals surface area contributed by atoms with Crippen molar-refractivity contribution in [3.05, 3.63) is 71.8 Å². The fourth-order valence-corrected chi connectivity index (χ4v) is 3.00. The molecule has 2 nitrogen and oxygen atoms in total. The minimum Gasteiger partial charge on any atom is -0.368 e. The largest absolute Gasteiger partial charge is 0.368 e. The predicted octanol–water partition coefficient (Wildman–Crippen LogP) is 3.43. The van der Waals surface area contributed by atoms with E-state index in [0.29, 0.717) is 0 Å². The van der Waals surface area contributed by atoms with Crippen molar-refractivity contribution in [2.45, 2.75) is 19.1 Å². The van der Waals surface area contributed by atoms with Crippen LogP contribution in [0, 0.1) is 0 Å². The Bertz CT molecular complexity index is 532. The number of hydrogen-bond acceptors (Lipinski definition) is 2. The normalized spacial score (nSPS) is 17.6. The van der Waals surface area contributed by atoms with Crippen molar-refractivity contribution < 1.29 is 4.74 Å². The minimum absolute atomic E-state index is 0.106. The average molecular weight is 267 g/mol. The highest BCUT2D eigenvalue weighted by atomic mass is 16.5. The molecule has 0 aromatic heterocycles. The first-order valence-corrected chi connectivity index (χ1v) is 7.28. The topological polar surface area (TPSA) is 12.5 Å². The lowest BCUT2D eigenvalue weighted by atomic mass is 9.85. The van der Waals surface area contributed by atoms with Crippen molar-refractivity contribution in [3.63, 3.8) is 0 Å². The molecular formula is C18H21NO. The number of ether oxygens (including phenoxy) is 1. The summed E-state index contributed by atoms with van der Waals surface area (Å²) in [4.78, 5) is 2.44. The van der Waals surface area contributed by atoms with E-state index in [-0.39, 0.29) is 5.60 Å². The number of likely N-dealkylation sites (tertiary alicyclic amines) is 1. The second kappa shape index (κ2) is 5.78. The van der Waals surface area contributed by atoms with Crippen molar-refractivity contribution in [2.75, 3.05) is 19.7 Å². The summed E-state index contributed by atoms with van der Waals surface area (Å²) >= 11 is 0. The van der Waals surface area contributed by atoms with Gasteiger partial charge in [0.05, 0.1) is 0 Å². The lowest BCUT2D eigenvalue weighted by molar-refractivity contribution is -0.150. The molecule has 0 aliphatic carbocycles. The van der Waals surface area contributed by atoms with Gasteiger partial charge in [-0.2, -0.15) is 0 Å². The van der Waals surface area contributed by atoms with Gasteiger partial charge in [0, 0.05) is 26.2 Å². The lowest BCUT2D eigenvalue weighted by Crippen LogP contribution is -2.60. The van der Waals surface area contributed by atoms with Crippen LogP contribution in [0.3, 0.4) is 0 Å². The Morgan fingerprint density at radius 2 is 1.55 bits per heavy atom. The number of nitrogens with zero attached hydrogens (tertiary/aromatic N) is 1. The van der Waals surface area contributed by atoms with Gasteiger partial charge in [0.1, 0.15) is 5.60 Å². The summed E-state index contributed by atoms with van der Waals surface area (Å²) in [6.45, 7) is 5.78. The van der Waals surface area contributed by atoms with E-state index in [9.17, 15) is 0 Å². The summed E-state index contributed by atoms with van der Waals surface area (Å²) in [6, 6.07) is 21.2. The van der Waals surface area contributed by atoms with Gasteiger partial charge in [0.2, 0.25) is 0 Å². The molecule has 1 aliphatic heterocycles. The number of benzene rings is 2. The molecule has 0 unspecified atom stereocenters. The van der Waals surface area contributed by atoms with Gasteiger partial charge < -0.3 is 4.74 Å². The highest BCUT2D eigenvalue weighted by molar-refractivity contribution is 5.27. The molecule has 104 valence electrons. The third kappa shape index (κ3) is 2.62. The molecule has 1 fully saturated rings. The predicted molar refractivity (Wildman–Crippen MR) is 81.5 cm³/mol. The summed E-state index contributed by atoms with van der Waals surface area (Å²) in [5.74, 6) is 0. The molecule has 0 spiro atoms. The Kier molecular flexibility index (Phi) is 3.86. The highest BCUT2D eigenvalue weighted by Crippen LogP contribution is 2.36. The molecular weight excluding hydrogens is 246 g/mol. The Hall–Kier alpha value is -1.64. The van der Waals surface area contributed by atoms with Gasteiger partial charge >= 0.3 is 0 Å². The minimum atomic E-state index is -0.106. The first-order chi connectivity index (χ1) is 9.82. The molecule has 0 radical (unpaired) electrons. The van der Waals surface area contributed by atoms with Gasteiger partial charge in [0.25, 0.3) is 0 Å². The van der Waals surface area contributed by atoms with Crippen LogP contribution in [0.25, 0.3) is 0 Å². The molecule has 3 rings (SSSR count). The fourth-order valence-electron chi connectivity index (χ4n) is 3.00. The molecule has 1 aliphatic rings. The maximum atomic E-state index is 6.08. The summed E-state index contributed by atoms with van der Waals surface area (Å²) in [7, 11) is 0. The molecule has 0 atom stereocenters. The highest BCUT2D eigenvalue weighted by Gasteiger charge is 2.44. The Labute approximate surface area is 121 Å². The van der Waals surface area contributed by atoms with E-state index in [2.05, 4.69) is 72.5 Å². The summed E-state index contributed by atoms with van der Waals surface area (Å²) in [5.41, 5.74) is 2.56. The van der Waals surface area contributed by atoms with Gasteiger partial charge in [0.15, 0.2) is 0 Å². The molecule has 2 aromatic rings. The monoisotopic (exact) mass is 267 g/mol. The van der Waals surface area contributed by atoms with Gasteiger partial charge in [-0.15, -0.1) is 0 Å². The van der Waals surface area contributed by atoms with E-state index in [4.69, 9.17) is 4.74 Å². The van der Waals surface area contributed by atoms with Crippen LogP contribution in [0.15, 0.2) is 60.7 Å². The van der Waals surface area contributed by atoms with Gasteiger partial charge in [-0.1, -0.05) is 60.7 Å². The SMILES string of the molecule is CCOC1(c2ccccc2)CN(Cc2ccccc2)C1. The number of hydrogen-bond donors (Lipinski definition) is 0. The quantitative estimate of drug-likeness (QED) is 0.823. The maximum Gasteiger partial charge on any atom is 0.118 e. The van der Waals surface area contributed by atoms with E-state index < -0.39 is 0 Å². The molecule has 2 aromatic carbocycles. The van der Waals surface area contributed by atoms with Crippen LogP contribution < -0.4 is 0 Å². The van der Waals surface area contributed by atoms with Crippen LogP contribution in [0.2, 0.25) is 0 Å². The fraction of sp³-hybridized carbons (Fsp3) is 0.333. The molecule has 0 bridgehead atoms. The van der Waals surface area contributed by atoms with E-state index in [1.807, 2.05) is 0 Å². The van der Waals surface area contributed by atoms with E-state index in [1.54, 1.807) is 0 Å². The van der Waals surface area contributed by atoms with Crippen LogP contribution in [0.5, 0.6) is 0 Å². The molecule has 20 heavy (non-hydrogen) atoms. The summed E-state index contributed by atoms with van der Waals surface area (Å²) in [5, 5.41) is 0.